The second kappa shape index (κ2) is 10.4. The first-order valence-electron chi connectivity index (χ1n) is 11.7. The van der Waals surface area contributed by atoms with Crippen molar-refractivity contribution in [3.63, 3.8) is 0 Å². The predicted octanol–water partition coefficient (Wildman–Crippen LogP) is 5.13. The van der Waals surface area contributed by atoms with Crippen molar-refractivity contribution in [3.05, 3.63) is 94.3 Å². The molecule has 37 heavy (non-hydrogen) atoms. The number of fused-ring (bicyclic) bond motifs is 1. The first kappa shape index (κ1) is 25.8. The molecule has 0 unspecified atom stereocenters. The summed E-state index contributed by atoms with van der Waals surface area (Å²) in [6.45, 7) is 6.69. The largest absolute Gasteiger partial charge is 0.444 e. The van der Waals surface area contributed by atoms with Gasteiger partial charge in [-0.25, -0.2) is 4.79 Å². The van der Waals surface area contributed by atoms with Gasteiger partial charge in [0.05, 0.1) is 11.3 Å². The van der Waals surface area contributed by atoms with Gasteiger partial charge in [0.1, 0.15) is 21.5 Å². The predicted molar refractivity (Wildman–Crippen MR) is 145 cm³/mol. The fourth-order valence-electron chi connectivity index (χ4n) is 3.72. The number of amides is 2. The van der Waals surface area contributed by atoms with Crippen LogP contribution in [-0.2, 0) is 9.53 Å². The highest BCUT2D eigenvalue weighted by atomic mass is 32.1. The molecular formula is C28H27N3O5S. The smallest absolute Gasteiger partial charge is 0.408 e. The molecule has 0 aliphatic carbocycles. The lowest BCUT2D eigenvalue weighted by Gasteiger charge is -2.21. The van der Waals surface area contributed by atoms with Crippen LogP contribution in [-0.4, -0.2) is 34.0 Å². The molecule has 0 saturated carbocycles. The van der Waals surface area contributed by atoms with Crippen LogP contribution in [0.4, 0.5) is 9.80 Å². The number of thiophene rings is 1. The average molecular weight is 518 g/mol. The molecule has 4 aromatic rings. The van der Waals surface area contributed by atoms with Crippen molar-refractivity contribution in [3.8, 4) is 5.69 Å². The zero-order chi connectivity index (χ0) is 26.7. The number of aromatic nitrogens is 1. The Hall–Kier alpha value is -4.24. The number of nitrogens with zero attached hydrogens (tertiary/aromatic N) is 1. The van der Waals surface area contributed by atoms with Gasteiger partial charge in [0.25, 0.3) is 5.56 Å². The van der Waals surface area contributed by atoms with E-state index in [2.05, 4.69) is 10.6 Å². The van der Waals surface area contributed by atoms with Crippen LogP contribution in [0.1, 0.15) is 43.6 Å². The standard InChI is InChI=1S/C28H27N3O5S/c1-17(29-27(35)36-28(2,3)4)24(34)30-25-22(23(33)18-11-7-5-8-12-18)20-15-16-21(32)31(26(20)37-25)19-13-9-6-10-14-19/h5-17H,1-4H3,(H,29,35)(H,30,34)/t17-/m0/s1. The van der Waals surface area contributed by atoms with Crippen LogP contribution in [0.2, 0.25) is 0 Å². The molecule has 190 valence electrons. The van der Waals surface area contributed by atoms with E-state index in [9.17, 15) is 19.2 Å². The molecule has 2 aromatic heterocycles. The van der Waals surface area contributed by atoms with E-state index in [1.165, 1.54) is 17.6 Å². The molecule has 2 aromatic carbocycles. The van der Waals surface area contributed by atoms with Crippen molar-refractivity contribution in [1.82, 2.24) is 9.88 Å². The molecule has 0 fully saturated rings. The van der Waals surface area contributed by atoms with Gasteiger partial charge in [0.2, 0.25) is 5.91 Å². The van der Waals surface area contributed by atoms with E-state index < -0.39 is 23.6 Å². The van der Waals surface area contributed by atoms with Gasteiger partial charge in [-0.05, 0) is 45.9 Å². The summed E-state index contributed by atoms with van der Waals surface area (Å²) in [6.07, 6.45) is -0.731. The Morgan fingerprint density at radius 2 is 1.54 bits per heavy atom. The highest BCUT2D eigenvalue weighted by Crippen LogP contribution is 2.37. The van der Waals surface area contributed by atoms with Gasteiger partial charge < -0.3 is 15.4 Å². The Kier molecular flexibility index (Phi) is 7.26. The Bertz CT molecular complexity index is 1520. The number of hydrogen-bond donors (Lipinski definition) is 2. The molecule has 4 rings (SSSR count). The van der Waals surface area contributed by atoms with E-state index in [0.717, 1.165) is 11.3 Å². The number of para-hydroxylation sites is 1. The topological polar surface area (TPSA) is 106 Å². The summed E-state index contributed by atoms with van der Waals surface area (Å²) >= 11 is 1.12. The molecule has 2 N–H and O–H groups in total. The van der Waals surface area contributed by atoms with Crippen LogP contribution in [0.25, 0.3) is 15.9 Å². The summed E-state index contributed by atoms with van der Waals surface area (Å²) in [6, 6.07) is 19.8. The number of ketones is 1. The van der Waals surface area contributed by atoms with E-state index in [1.807, 2.05) is 24.3 Å². The molecule has 0 aliphatic heterocycles. The van der Waals surface area contributed by atoms with Crippen LogP contribution in [0.15, 0.2) is 77.6 Å². The highest BCUT2D eigenvalue weighted by Gasteiger charge is 2.26. The van der Waals surface area contributed by atoms with Crippen molar-refractivity contribution >= 4 is 44.3 Å². The highest BCUT2D eigenvalue weighted by molar-refractivity contribution is 7.23. The fraction of sp³-hybridized carbons (Fsp3) is 0.214. The lowest BCUT2D eigenvalue weighted by molar-refractivity contribution is -0.117. The lowest BCUT2D eigenvalue weighted by atomic mass is 10.0. The van der Waals surface area contributed by atoms with E-state index in [0.29, 0.717) is 21.5 Å². The summed E-state index contributed by atoms with van der Waals surface area (Å²) in [5.74, 6) is -0.832. The van der Waals surface area contributed by atoms with E-state index in [-0.39, 0.29) is 21.9 Å². The van der Waals surface area contributed by atoms with Crippen molar-refractivity contribution in [1.29, 1.82) is 0 Å². The number of nitrogens with one attached hydrogen (secondary N) is 2. The maximum absolute atomic E-state index is 13.6. The summed E-state index contributed by atoms with van der Waals surface area (Å²) in [5, 5.41) is 6.11. The fourth-order valence-corrected chi connectivity index (χ4v) is 4.94. The number of ether oxygens (including phenoxy) is 1. The molecule has 0 spiro atoms. The minimum absolute atomic E-state index is 0.267. The molecule has 9 heteroatoms. The normalized spacial score (nSPS) is 12.1. The zero-order valence-electron chi connectivity index (χ0n) is 20.9. The monoisotopic (exact) mass is 517 g/mol. The zero-order valence-corrected chi connectivity index (χ0v) is 21.7. The van der Waals surface area contributed by atoms with Gasteiger partial charge in [-0.2, -0.15) is 0 Å². The summed E-state index contributed by atoms with van der Waals surface area (Å²) in [4.78, 5) is 52.3. The average Bonchev–Trinajstić information content (AvgIpc) is 3.20. The molecule has 8 nitrogen and oxygen atoms in total. The Balaban J connectivity index is 1.78. The number of alkyl carbamates (subject to hydrolysis) is 1. The van der Waals surface area contributed by atoms with Gasteiger partial charge in [-0.3, -0.25) is 19.0 Å². The molecule has 0 saturated heterocycles. The number of anilines is 1. The molecule has 0 radical (unpaired) electrons. The van der Waals surface area contributed by atoms with Gasteiger partial charge in [0, 0.05) is 17.0 Å². The molecule has 0 aliphatic rings. The third kappa shape index (κ3) is 5.78. The SMILES string of the molecule is C[C@H](NC(=O)OC(C)(C)C)C(=O)Nc1sc2c(ccc(=O)n2-c2ccccc2)c1C(=O)c1ccccc1. The van der Waals surface area contributed by atoms with E-state index in [1.54, 1.807) is 63.2 Å². The van der Waals surface area contributed by atoms with Crippen molar-refractivity contribution < 1.29 is 19.1 Å². The minimum atomic E-state index is -0.948. The third-order valence-electron chi connectivity index (χ3n) is 5.38. The molecule has 2 amide bonds. The van der Waals surface area contributed by atoms with Crippen LogP contribution in [0.3, 0.4) is 0 Å². The number of rotatable bonds is 6. The molecule has 2 heterocycles. The van der Waals surface area contributed by atoms with E-state index in [4.69, 9.17) is 4.74 Å². The number of carbonyl (C=O) groups is 3. The maximum atomic E-state index is 13.6. The van der Waals surface area contributed by atoms with Crippen LogP contribution in [0, 0.1) is 0 Å². The number of carbonyl (C=O) groups excluding carboxylic acids is 3. The number of pyridine rings is 1. The Morgan fingerprint density at radius 3 is 2.16 bits per heavy atom. The molecule has 0 bridgehead atoms. The number of benzene rings is 2. The lowest BCUT2D eigenvalue weighted by Crippen LogP contribution is -2.44. The van der Waals surface area contributed by atoms with Gasteiger partial charge in [0.15, 0.2) is 5.78 Å². The first-order valence-corrected chi connectivity index (χ1v) is 12.5. The van der Waals surface area contributed by atoms with Gasteiger partial charge >= 0.3 is 6.09 Å². The summed E-state index contributed by atoms with van der Waals surface area (Å²) in [7, 11) is 0. The van der Waals surface area contributed by atoms with Gasteiger partial charge in [-0.1, -0.05) is 59.9 Å². The minimum Gasteiger partial charge on any atom is -0.444 e. The van der Waals surface area contributed by atoms with Crippen LogP contribution >= 0.6 is 11.3 Å². The van der Waals surface area contributed by atoms with Crippen molar-refractivity contribution in [2.45, 2.75) is 39.3 Å². The summed E-state index contributed by atoms with van der Waals surface area (Å²) in [5.41, 5.74) is 0.360. The van der Waals surface area contributed by atoms with Crippen LogP contribution < -0.4 is 16.2 Å². The first-order chi connectivity index (χ1) is 17.5. The third-order valence-corrected chi connectivity index (χ3v) is 6.49. The van der Waals surface area contributed by atoms with Gasteiger partial charge in [-0.15, -0.1) is 0 Å². The quantitative estimate of drug-likeness (QED) is 0.345. The second-order valence-corrected chi connectivity index (χ2v) is 10.4. The molecular weight excluding hydrogens is 490 g/mol. The summed E-state index contributed by atoms with van der Waals surface area (Å²) < 4.78 is 6.75. The van der Waals surface area contributed by atoms with E-state index >= 15 is 0 Å². The van der Waals surface area contributed by atoms with Crippen molar-refractivity contribution in [2.75, 3.05) is 5.32 Å². The Morgan fingerprint density at radius 1 is 0.919 bits per heavy atom. The second-order valence-electron chi connectivity index (χ2n) is 9.42. The molecule has 1 atom stereocenters. The van der Waals surface area contributed by atoms with Crippen LogP contribution in [0.5, 0.6) is 0 Å². The maximum Gasteiger partial charge on any atom is 0.408 e. The Labute approximate surface area is 217 Å². The van der Waals surface area contributed by atoms with Crippen molar-refractivity contribution in [2.24, 2.45) is 0 Å². The number of hydrogen-bond acceptors (Lipinski definition) is 6.